The molecule has 0 aliphatic carbocycles. The van der Waals surface area contributed by atoms with Crippen LogP contribution in [0.15, 0.2) is 6.33 Å². The Morgan fingerprint density at radius 3 is 2.93 bits per heavy atom. The van der Waals surface area contributed by atoms with Crippen molar-refractivity contribution in [2.75, 3.05) is 13.2 Å². The normalized spacial score (nSPS) is 20.9. The van der Waals surface area contributed by atoms with Crippen molar-refractivity contribution in [3.05, 3.63) is 11.1 Å². The van der Waals surface area contributed by atoms with Crippen LogP contribution < -0.4 is 0 Å². The van der Waals surface area contributed by atoms with Crippen LogP contribution in [0, 0.1) is 10.2 Å². The van der Waals surface area contributed by atoms with E-state index in [2.05, 4.69) is 17.1 Å². The van der Waals surface area contributed by atoms with E-state index in [0.29, 0.717) is 10.2 Å². The number of aromatic amines is 1. The van der Waals surface area contributed by atoms with Gasteiger partial charge < -0.3 is 9.30 Å². The van der Waals surface area contributed by atoms with Crippen LogP contribution in [-0.2, 0) is 11.3 Å². The molecule has 1 fully saturated rings. The maximum Gasteiger partial charge on any atom is 0.194 e. The fraction of sp³-hybridized carbons (Fsp3) is 0.778. The van der Waals surface area contributed by atoms with E-state index < -0.39 is 0 Å². The van der Waals surface area contributed by atoms with E-state index in [0.717, 1.165) is 32.6 Å². The molecule has 4 nitrogen and oxygen atoms in total. The monoisotopic (exact) mass is 213 g/mol. The van der Waals surface area contributed by atoms with Crippen molar-refractivity contribution in [1.29, 1.82) is 0 Å². The van der Waals surface area contributed by atoms with Gasteiger partial charge in [-0.1, -0.05) is 6.92 Å². The molecule has 0 spiro atoms. The molecule has 1 aromatic rings. The Bertz CT molecular complexity index is 351. The second-order valence-electron chi connectivity index (χ2n) is 4.21. The van der Waals surface area contributed by atoms with Crippen LogP contribution >= 0.6 is 12.2 Å². The molecule has 1 aromatic heterocycles. The lowest BCUT2D eigenvalue weighted by molar-refractivity contribution is 0.0153. The van der Waals surface area contributed by atoms with Gasteiger partial charge in [-0.05, 0) is 30.5 Å². The molecule has 2 heterocycles. The summed E-state index contributed by atoms with van der Waals surface area (Å²) in [5.74, 6) is 0. The quantitative estimate of drug-likeness (QED) is 0.761. The highest BCUT2D eigenvalue weighted by Gasteiger charge is 2.27. The van der Waals surface area contributed by atoms with Crippen LogP contribution in [0.2, 0.25) is 0 Å². The van der Waals surface area contributed by atoms with Crippen molar-refractivity contribution in [3.63, 3.8) is 0 Å². The molecule has 14 heavy (non-hydrogen) atoms. The molecule has 0 amide bonds. The van der Waals surface area contributed by atoms with Crippen LogP contribution in [0.25, 0.3) is 0 Å². The molecular weight excluding hydrogens is 198 g/mol. The Balaban J connectivity index is 2.09. The second kappa shape index (κ2) is 3.82. The van der Waals surface area contributed by atoms with E-state index >= 15 is 0 Å². The first kappa shape index (κ1) is 9.86. The van der Waals surface area contributed by atoms with Crippen LogP contribution in [-0.4, -0.2) is 28.0 Å². The molecule has 0 aromatic carbocycles. The minimum absolute atomic E-state index is 0.306. The van der Waals surface area contributed by atoms with Gasteiger partial charge in [-0.15, -0.1) is 0 Å². The smallest absolute Gasteiger partial charge is 0.194 e. The second-order valence-corrected chi connectivity index (χ2v) is 4.60. The van der Waals surface area contributed by atoms with Gasteiger partial charge in [0.15, 0.2) is 4.77 Å². The third-order valence-electron chi connectivity index (χ3n) is 2.87. The molecule has 1 saturated heterocycles. The fourth-order valence-corrected chi connectivity index (χ4v) is 1.98. The lowest BCUT2D eigenvalue weighted by Gasteiger charge is -2.33. The summed E-state index contributed by atoms with van der Waals surface area (Å²) in [5.41, 5.74) is 0.306. The molecule has 5 heteroatoms. The number of hydrogen-bond donors (Lipinski definition) is 1. The molecule has 78 valence electrons. The average molecular weight is 213 g/mol. The van der Waals surface area contributed by atoms with Gasteiger partial charge in [-0.2, -0.15) is 5.10 Å². The molecular formula is C9H15N3OS. The summed E-state index contributed by atoms with van der Waals surface area (Å²) in [6.45, 7) is 4.94. The van der Waals surface area contributed by atoms with Crippen molar-refractivity contribution in [2.24, 2.45) is 5.41 Å². The highest BCUT2D eigenvalue weighted by molar-refractivity contribution is 7.71. The Kier molecular flexibility index (Phi) is 2.69. The van der Waals surface area contributed by atoms with Gasteiger partial charge in [0.05, 0.1) is 0 Å². The maximum atomic E-state index is 5.36. The summed E-state index contributed by atoms with van der Waals surface area (Å²) in [5, 5.41) is 6.69. The Hall–Kier alpha value is -0.680. The van der Waals surface area contributed by atoms with Gasteiger partial charge in [-0.25, -0.2) is 0 Å². The van der Waals surface area contributed by atoms with E-state index in [1.54, 1.807) is 6.33 Å². The number of aromatic nitrogens is 3. The number of rotatable bonds is 2. The number of nitrogens with one attached hydrogen (secondary N) is 1. The van der Waals surface area contributed by atoms with E-state index in [9.17, 15) is 0 Å². The summed E-state index contributed by atoms with van der Waals surface area (Å²) < 4.78 is 8.06. The molecule has 2 rings (SSSR count). The molecule has 0 unspecified atom stereocenters. The van der Waals surface area contributed by atoms with Gasteiger partial charge in [0.25, 0.3) is 0 Å². The first-order valence-corrected chi connectivity index (χ1v) is 5.28. The van der Waals surface area contributed by atoms with Crippen molar-refractivity contribution >= 4 is 12.2 Å². The molecule has 0 atom stereocenters. The van der Waals surface area contributed by atoms with Gasteiger partial charge in [-0.3, -0.25) is 5.10 Å². The standard InChI is InChI=1S/C9H15N3OS/c1-9(2-4-13-5-3-9)6-12-7-10-11-8(12)14/h7H,2-6H2,1H3,(H,11,14). The lowest BCUT2D eigenvalue weighted by Crippen LogP contribution is -2.30. The Morgan fingerprint density at radius 2 is 2.36 bits per heavy atom. The molecule has 0 saturated carbocycles. The zero-order valence-corrected chi connectivity index (χ0v) is 9.14. The number of ether oxygens (including phenoxy) is 1. The van der Waals surface area contributed by atoms with E-state index in [-0.39, 0.29) is 0 Å². The number of nitrogens with zero attached hydrogens (tertiary/aromatic N) is 2. The molecule has 1 N–H and O–H groups in total. The summed E-state index contributed by atoms with van der Waals surface area (Å²) in [4.78, 5) is 0. The van der Waals surface area contributed by atoms with Crippen molar-refractivity contribution in [1.82, 2.24) is 14.8 Å². The third-order valence-corrected chi connectivity index (χ3v) is 3.20. The number of H-pyrrole nitrogens is 1. The fourth-order valence-electron chi connectivity index (χ4n) is 1.82. The topological polar surface area (TPSA) is 42.8 Å². The van der Waals surface area contributed by atoms with Crippen molar-refractivity contribution < 1.29 is 4.74 Å². The van der Waals surface area contributed by atoms with Crippen molar-refractivity contribution in [2.45, 2.75) is 26.3 Å². The highest BCUT2D eigenvalue weighted by atomic mass is 32.1. The SMILES string of the molecule is CC1(Cn2cn[nH]c2=S)CCOCC1. The zero-order valence-electron chi connectivity index (χ0n) is 8.32. The summed E-state index contributed by atoms with van der Waals surface area (Å²) in [6, 6.07) is 0. The van der Waals surface area contributed by atoms with E-state index in [1.807, 2.05) is 4.57 Å². The summed E-state index contributed by atoms with van der Waals surface area (Å²) in [6.07, 6.45) is 3.96. The average Bonchev–Trinajstić information content (AvgIpc) is 2.52. The Morgan fingerprint density at radius 1 is 1.64 bits per heavy atom. The summed E-state index contributed by atoms with van der Waals surface area (Å²) >= 11 is 5.12. The van der Waals surface area contributed by atoms with Crippen molar-refractivity contribution in [3.8, 4) is 0 Å². The third kappa shape index (κ3) is 2.04. The lowest BCUT2D eigenvalue weighted by atomic mass is 9.82. The minimum atomic E-state index is 0.306. The van der Waals surface area contributed by atoms with Gasteiger partial charge in [0.2, 0.25) is 0 Å². The maximum absolute atomic E-state index is 5.36. The van der Waals surface area contributed by atoms with Crippen LogP contribution in [0.1, 0.15) is 19.8 Å². The zero-order chi connectivity index (χ0) is 10.0. The van der Waals surface area contributed by atoms with Crippen LogP contribution in [0.5, 0.6) is 0 Å². The first-order chi connectivity index (χ1) is 6.70. The largest absolute Gasteiger partial charge is 0.381 e. The molecule has 1 aliphatic rings. The van der Waals surface area contributed by atoms with E-state index in [4.69, 9.17) is 17.0 Å². The molecule has 0 bridgehead atoms. The molecule has 1 aliphatic heterocycles. The predicted octanol–water partition coefficient (Wildman–Crippen LogP) is 1.76. The summed E-state index contributed by atoms with van der Waals surface area (Å²) in [7, 11) is 0. The Labute approximate surface area is 88.3 Å². The molecule has 0 radical (unpaired) electrons. The number of hydrogen-bond acceptors (Lipinski definition) is 3. The van der Waals surface area contributed by atoms with Gasteiger partial charge >= 0.3 is 0 Å². The first-order valence-electron chi connectivity index (χ1n) is 4.87. The highest BCUT2D eigenvalue weighted by Crippen LogP contribution is 2.31. The van der Waals surface area contributed by atoms with Crippen LogP contribution in [0.4, 0.5) is 0 Å². The predicted molar refractivity (Wildman–Crippen MR) is 55.6 cm³/mol. The van der Waals surface area contributed by atoms with Gasteiger partial charge in [0.1, 0.15) is 6.33 Å². The van der Waals surface area contributed by atoms with E-state index in [1.165, 1.54) is 0 Å². The minimum Gasteiger partial charge on any atom is -0.381 e. The van der Waals surface area contributed by atoms with Gasteiger partial charge in [0, 0.05) is 19.8 Å². The van der Waals surface area contributed by atoms with Crippen LogP contribution in [0.3, 0.4) is 0 Å².